The van der Waals surface area contributed by atoms with E-state index in [1.807, 2.05) is 36.4 Å². The van der Waals surface area contributed by atoms with Crippen LogP contribution in [0.3, 0.4) is 0 Å². The van der Waals surface area contributed by atoms with Gasteiger partial charge in [0, 0.05) is 16.3 Å². The van der Waals surface area contributed by atoms with E-state index in [1.165, 1.54) is 30.3 Å². The Morgan fingerprint density at radius 1 is 0.857 bits per heavy atom. The van der Waals surface area contributed by atoms with Crippen LogP contribution in [0.2, 0.25) is 5.02 Å². The minimum absolute atomic E-state index is 0.0376. The standard InChI is InChI=1S/C26H19ClN4O3S/c27-18-12-14-20(15-13-18)35(33,34)31-22-9-2-1-8-21(22)26(32)28-19-7-5-6-17(16-19)25-29-23-10-3-4-11-24(23)30-25/h1-16,31H,(H,28,32)(H,29,30). The third kappa shape index (κ3) is 4.89. The van der Waals surface area contributed by atoms with E-state index in [9.17, 15) is 13.2 Å². The van der Waals surface area contributed by atoms with Crippen molar-refractivity contribution in [2.24, 2.45) is 0 Å². The molecule has 7 nitrogen and oxygen atoms in total. The molecule has 0 aliphatic rings. The molecule has 5 rings (SSSR count). The van der Waals surface area contributed by atoms with Crippen molar-refractivity contribution in [3.05, 3.63) is 108 Å². The summed E-state index contributed by atoms with van der Waals surface area (Å²) in [5.74, 6) is 0.222. The van der Waals surface area contributed by atoms with Gasteiger partial charge in [-0.15, -0.1) is 0 Å². The van der Waals surface area contributed by atoms with E-state index >= 15 is 0 Å². The third-order valence-electron chi connectivity index (χ3n) is 5.32. The predicted octanol–water partition coefficient (Wildman–Crippen LogP) is 5.94. The third-order valence-corrected chi connectivity index (χ3v) is 6.96. The van der Waals surface area contributed by atoms with E-state index < -0.39 is 15.9 Å². The van der Waals surface area contributed by atoms with E-state index in [0.717, 1.165) is 16.6 Å². The van der Waals surface area contributed by atoms with Gasteiger partial charge in [0.05, 0.1) is 27.2 Å². The molecule has 35 heavy (non-hydrogen) atoms. The Morgan fingerprint density at radius 2 is 1.60 bits per heavy atom. The van der Waals surface area contributed by atoms with Gasteiger partial charge in [0.15, 0.2) is 0 Å². The number of imidazole rings is 1. The Morgan fingerprint density at radius 3 is 2.40 bits per heavy atom. The Hall–Kier alpha value is -4.14. The highest BCUT2D eigenvalue weighted by Crippen LogP contribution is 2.25. The highest BCUT2D eigenvalue weighted by atomic mass is 35.5. The molecule has 9 heteroatoms. The maximum atomic E-state index is 13.1. The van der Waals surface area contributed by atoms with Gasteiger partial charge in [-0.05, 0) is 60.7 Å². The number of para-hydroxylation sites is 3. The average molecular weight is 503 g/mol. The largest absolute Gasteiger partial charge is 0.338 e. The first kappa shape index (κ1) is 22.6. The number of hydrogen-bond donors (Lipinski definition) is 3. The molecule has 4 aromatic carbocycles. The van der Waals surface area contributed by atoms with E-state index in [1.54, 1.807) is 30.3 Å². The Kier molecular flexibility index (Phi) is 5.98. The topological polar surface area (TPSA) is 104 Å². The summed E-state index contributed by atoms with van der Waals surface area (Å²) in [4.78, 5) is 21.0. The molecule has 0 unspecified atom stereocenters. The molecule has 0 fully saturated rings. The average Bonchev–Trinajstić information content (AvgIpc) is 3.29. The molecule has 0 aliphatic carbocycles. The molecule has 0 bridgehead atoms. The van der Waals surface area contributed by atoms with E-state index in [4.69, 9.17) is 11.6 Å². The zero-order chi connectivity index (χ0) is 24.4. The molecule has 0 radical (unpaired) electrons. The number of amides is 1. The highest BCUT2D eigenvalue weighted by Gasteiger charge is 2.19. The number of aromatic amines is 1. The summed E-state index contributed by atoms with van der Waals surface area (Å²) in [5.41, 5.74) is 3.45. The lowest BCUT2D eigenvalue weighted by Crippen LogP contribution is -2.18. The Labute approximate surface area is 206 Å². The van der Waals surface area contributed by atoms with Crippen LogP contribution in [0.5, 0.6) is 0 Å². The lowest BCUT2D eigenvalue weighted by Gasteiger charge is -2.13. The molecule has 1 aromatic heterocycles. The lowest BCUT2D eigenvalue weighted by atomic mass is 10.1. The quantitative estimate of drug-likeness (QED) is 0.267. The number of benzene rings is 4. The molecule has 1 heterocycles. The van der Waals surface area contributed by atoms with Crippen LogP contribution in [0.4, 0.5) is 11.4 Å². The number of fused-ring (bicyclic) bond motifs is 1. The second kappa shape index (κ2) is 9.25. The van der Waals surface area contributed by atoms with E-state index in [0.29, 0.717) is 16.5 Å². The Balaban J connectivity index is 1.39. The van der Waals surface area contributed by atoms with E-state index in [2.05, 4.69) is 20.0 Å². The Bertz CT molecular complexity index is 1610. The van der Waals surface area contributed by atoms with Crippen LogP contribution in [-0.2, 0) is 10.0 Å². The number of nitrogens with one attached hydrogen (secondary N) is 3. The molecule has 0 saturated heterocycles. The first-order chi connectivity index (χ1) is 16.9. The second-order valence-corrected chi connectivity index (χ2v) is 9.86. The van der Waals surface area contributed by atoms with Gasteiger partial charge >= 0.3 is 0 Å². The van der Waals surface area contributed by atoms with E-state index in [-0.39, 0.29) is 16.1 Å². The maximum Gasteiger partial charge on any atom is 0.261 e. The SMILES string of the molecule is O=C(Nc1cccc(-c2nc3ccccc3[nH]2)c1)c1ccccc1NS(=O)(=O)c1ccc(Cl)cc1. The van der Waals surface area contributed by atoms with Crippen molar-refractivity contribution < 1.29 is 13.2 Å². The summed E-state index contributed by atoms with van der Waals surface area (Å²) >= 11 is 5.86. The number of sulfonamides is 1. The predicted molar refractivity (Wildman–Crippen MR) is 138 cm³/mol. The molecule has 1 amide bonds. The normalized spacial score (nSPS) is 11.3. The first-order valence-corrected chi connectivity index (χ1v) is 12.5. The van der Waals surface area contributed by atoms with Gasteiger partial charge in [-0.25, -0.2) is 13.4 Å². The van der Waals surface area contributed by atoms with Crippen LogP contribution in [0.15, 0.2) is 102 Å². The number of carbonyl (C=O) groups is 1. The maximum absolute atomic E-state index is 13.1. The van der Waals surface area contributed by atoms with Crippen molar-refractivity contribution in [3.63, 3.8) is 0 Å². The number of hydrogen-bond acceptors (Lipinski definition) is 4. The summed E-state index contributed by atoms with van der Waals surface area (Å²) in [6.07, 6.45) is 0. The summed E-state index contributed by atoms with van der Waals surface area (Å²) in [6.45, 7) is 0. The fraction of sp³-hybridized carbons (Fsp3) is 0. The number of anilines is 2. The van der Waals surface area contributed by atoms with Crippen molar-refractivity contribution in [2.75, 3.05) is 10.0 Å². The van der Waals surface area contributed by atoms with Gasteiger partial charge in [0.2, 0.25) is 0 Å². The number of carbonyl (C=O) groups excluding carboxylic acids is 1. The summed E-state index contributed by atoms with van der Waals surface area (Å²) in [7, 11) is -3.92. The summed E-state index contributed by atoms with van der Waals surface area (Å²) < 4.78 is 28.1. The van der Waals surface area contributed by atoms with Crippen LogP contribution in [0.1, 0.15) is 10.4 Å². The van der Waals surface area contributed by atoms with Gasteiger partial charge in [-0.1, -0.05) is 48.0 Å². The summed E-state index contributed by atoms with van der Waals surface area (Å²) in [6, 6.07) is 27.2. The molecule has 0 atom stereocenters. The monoisotopic (exact) mass is 502 g/mol. The van der Waals surface area contributed by atoms with Gasteiger partial charge in [0.1, 0.15) is 5.82 Å². The van der Waals surface area contributed by atoms with Crippen LogP contribution >= 0.6 is 11.6 Å². The van der Waals surface area contributed by atoms with Gasteiger partial charge in [0.25, 0.3) is 15.9 Å². The number of H-pyrrole nitrogens is 1. The minimum atomic E-state index is -3.92. The van der Waals surface area contributed by atoms with Crippen molar-refractivity contribution in [2.45, 2.75) is 4.90 Å². The van der Waals surface area contributed by atoms with Crippen molar-refractivity contribution in [1.29, 1.82) is 0 Å². The van der Waals surface area contributed by atoms with Crippen molar-refractivity contribution >= 4 is 49.9 Å². The molecular weight excluding hydrogens is 484 g/mol. The van der Waals surface area contributed by atoms with Crippen LogP contribution in [0.25, 0.3) is 22.4 Å². The highest BCUT2D eigenvalue weighted by molar-refractivity contribution is 7.92. The van der Waals surface area contributed by atoms with Crippen molar-refractivity contribution in [3.8, 4) is 11.4 Å². The molecular formula is C26H19ClN4O3S. The molecule has 0 saturated carbocycles. The fourth-order valence-electron chi connectivity index (χ4n) is 3.62. The second-order valence-electron chi connectivity index (χ2n) is 7.74. The van der Waals surface area contributed by atoms with Gasteiger partial charge in [-0.3, -0.25) is 9.52 Å². The first-order valence-electron chi connectivity index (χ1n) is 10.6. The molecule has 5 aromatic rings. The van der Waals surface area contributed by atoms with Gasteiger partial charge < -0.3 is 10.3 Å². The number of nitrogens with zero attached hydrogens (tertiary/aromatic N) is 1. The van der Waals surface area contributed by atoms with Crippen molar-refractivity contribution in [1.82, 2.24) is 9.97 Å². The van der Waals surface area contributed by atoms with Crippen LogP contribution in [-0.4, -0.2) is 24.3 Å². The number of aromatic nitrogens is 2. The van der Waals surface area contributed by atoms with Gasteiger partial charge in [-0.2, -0.15) is 0 Å². The summed E-state index contributed by atoms with van der Waals surface area (Å²) in [5, 5.41) is 3.27. The zero-order valence-corrected chi connectivity index (χ0v) is 19.8. The molecule has 174 valence electrons. The van der Waals surface area contributed by atoms with Crippen LogP contribution in [0, 0.1) is 0 Å². The molecule has 0 spiro atoms. The number of rotatable bonds is 6. The number of halogens is 1. The lowest BCUT2D eigenvalue weighted by molar-refractivity contribution is 0.102. The molecule has 0 aliphatic heterocycles. The van der Waals surface area contributed by atoms with Crippen LogP contribution < -0.4 is 10.0 Å². The minimum Gasteiger partial charge on any atom is -0.338 e. The zero-order valence-electron chi connectivity index (χ0n) is 18.2. The fourth-order valence-corrected chi connectivity index (χ4v) is 4.83. The smallest absolute Gasteiger partial charge is 0.261 e. The molecule has 3 N–H and O–H groups in total.